The van der Waals surface area contributed by atoms with Gasteiger partial charge in [-0.1, -0.05) is 18.2 Å². The number of nitrogens with one attached hydrogen (secondary N) is 1. The van der Waals surface area contributed by atoms with Crippen LogP contribution in [0.4, 0.5) is 18.9 Å². The van der Waals surface area contributed by atoms with Crippen LogP contribution >= 0.6 is 0 Å². The van der Waals surface area contributed by atoms with Crippen molar-refractivity contribution in [3.05, 3.63) is 69.4 Å². The van der Waals surface area contributed by atoms with Gasteiger partial charge in [0.1, 0.15) is 17.0 Å². The van der Waals surface area contributed by atoms with Crippen LogP contribution in [0.5, 0.6) is 0 Å². The predicted molar refractivity (Wildman–Crippen MR) is 102 cm³/mol. The molecule has 0 saturated heterocycles. The van der Waals surface area contributed by atoms with Crippen molar-refractivity contribution in [1.82, 2.24) is 9.55 Å². The average molecular weight is 405 g/mol. The minimum absolute atomic E-state index is 0.0609. The summed E-state index contributed by atoms with van der Waals surface area (Å²) in [5.41, 5.74) is -0.626. The highest BCUT2D eigenvalue weighted by Crippen LogP contribution is 2.30. The van der Waals surface area contributed by atoms with Gasteiger partial charge in [-0.25, -0.2) is 22.9 Å². The molecule has 9 heteroatoms. The number of hydrogen-bond acceptors (Lipinski definition) is 5. The lowest BCUT2D eigenvalue weighted by Crippen LogP contribution is -2.26. The van der Waals surface area contributed by atoms with Crippen molar-refractivity contribution < 1.29 is 22.7 Å². The summed E-state index contributed by atoms with van der Waals surface area (Å²) < 4.78 is 46.3. The first-order valence-electron chi connectivity index (χ1n) is 8.66. The molecule has 0 aliphatic rings. The molecule has 0 saturated carbocycles. The first kappa shape index (κ1) is 20.4. The number of esters is 1. The van der Waals surface area contributed by atoms with Gasteiger partial charge in [0.05, 0.1) is 18.7 Å². The molecule has 0 spiro atoms. The first-order chi connectivity index (χ1) is 13.8. The van der Waals surface area contributed by atoms with E-state index in [4.69, 9.17) is 0 Å². The molecule has 0 amide bonds. The van der Waals surface area contributed by atoms with Crippen molar-refractivity contribution in [2.24, 2.45) is 7.05 Å². The maximum Gasteiger partial charge on any atom is 0.343 e. The van der Waals surface area contributed by atoms with Gasteiger partial charge in [-0.05, 0) is 19.1 Å². The van der Waals surface area contributed by atoms with Crippen LogP contribution in [0.25, 0.3) is 11.0 Å². The highest BCUT2D eigenvalue weighted by atomic mass is 19.3. The number of pyridine rings is 2. The van der Waals surface area contributed by atoms with Crippen LogP contribution in [0.2, 0.25) is 0 Å². The molecule has 1 N–H and O–H groups in total. The van der Waals surface area contributed by atoms with Gasteiger partial charge in [0.2, 0.25) is 0 Å². The molecular weight excluding hydrogens is 387 g/mol. The van der Waals surface area contributed by atoms with Crippen LogP contribution in [-0.4, -0.2) is 22.6 Å². The molecule has 0 fully saturated rings. The van der Waals surface area contributed by atoms with Gasteiger partial charge in [0, 0.05) is 29.9 Å². The smallest absolute Gasteiger partial charge is 0.343 e. The second-order valence-corrected chi connectivity index (χ2v) is 6.43. The molecule has 0 aliphatic carbocycles. The van der Waals surface area contributed by atoms with Crippen molar-refractivity contribution in [1.29, 1.82) is 0 Å². The number of hydrogen-bond donors (Lipinski definition) is 1. The Bertz CT molecular complexity index is 1150. The van der Waals surface area contributed by atoms with Crippen molar-refractivity contribution in [2.45, 2.75) is 19.4 Å². The number of fused-ring (bicyclic) bond motifs is 1. The van der Waals surface area contributed by atoms with Gasteiger partial charge < -0.3 is 10.1 Å². The van der Waals surface area contributed by atoms with Gasteiger partial charge >= 0.3 is 5.97 Å². The fourth-order valence-corrected chi connectivity index (χ4v) is 3.12. The third kappa shape index (κ3) is 3.67. The van der Waals surface area contributed by atoms with E-state index < -0.39 is 35.4 Å². The molecule has 0 radical (unpaired) electrons. The van der Waals surface area contributed by atoms with E-state index in [1.807, 2.05) is 0 Å². The van der Waals surface area contributed by atoms with E-state index in [0.717, 1.165) is 13.2 Å². The van der Waals surface area contributed by atoms with E-state index >= 15 is 0 Å². The number of aryl methyl sites for hydroxylation is 1. The maximum absolute atomic E-state index is 14.5. The Morgan fingerprint density at radius 3 is 2.59 bits per heavy atom. The zero-order chi connectivity index (χ0) is 21.3. The molecule has 3 rings (SSSR count). The minimum Gasteiger partial charge on any atom is -0.465 e. The Morgan fingerprint density at radius 1 is 1.24 bits per heavy atom. The number of ether oxygens (including phenoxy) is 1. The summed E-state index contributed by atoms with van der Waals surface area (Å²) in [4.78, 5) is 28.5. The molecule has 3 aromatic rings. The quantitative estimate of drug-likeness (QED) is 0.651. The lowest BCUT2D eigenvalue weighted by molar-refractivity contribution is 0.0598. The number of nitrogens with zero attached hydrogens (tertiary/aromatic N) is 2. The second-order valence-electron chi connectivity index (χ2n) is 6.43. The number of methoxy groups -OCH3 is 1. The van der Waals surface area contributed by atoms with Gasteiger partial charge in [0.25, 0.3) is 12.0 Å². The number of carbonyl (C=O) groups excluding carboxylic acids is 1. The molecule has 2 heterocycles. The summed E-state index contributed by atoms with van der Waals surface area (Å²) in [5, 5.41) is 3.47. The number of rotatable bonds is 5. The molecule has 1 atom stereocenters. The summed E-state index contributed by atoms with van der Waals surface area (Å²) in [5.74, 6) is -1.78. The van der Waals surface area contributed by atoms with Gasteiger partial charge in [0.15, 0.2) is 0 Å². The summed E-state index contributed by atoms with van der Waals surface area (Å²) >= 11 is 0. The third-order valence-corrected chi connectivity index (χ3v) is 4.65. The van der Waals surface area contributed by atoms with Crippen LogP contribution in [0, 0.1) is 5.82 Å². The van der Waals surface area contributed by atoms with Gasteiger partial charge in [-0.3, -0.25) is 9.36 Å². The van der Waals surface area contributed by atoms with E-state index in [1.54, 1.807) is 13.0 Å². The largest absolute Gasteiger partial charge is 0.465 e. The maximum atomic E-state index is 14.5. The van der Waals surface area contributed by atoms with Crippen molar-refractivity contribution in [3.8, 4) is 0 Å². The predicted octanol–water partition coefficient (Wildman–Crippen LogP) is 3.97. The van der Waals surface area contributed by atoms with Crippen LogP contribution < -0.4 is 10.9 Å². The first-order valence-corrected chi connectivity index (χ1v) is 8.66. The average Bonchev–Trinajstić information content (AvgIpc) is 2.70. The monoisotopic (exact) mass is 405 g/mol. The number of benzene rings is 1. The topological polar surface area (TPSA) is 73.2 Å². The number of carbonyl (C=O) groups is 1. The van der Waals surface area contributed by atoms with Crippen molar-refractivity contribution in [3.63, 3.8) is 0 Å². The Balaban J connectivity index is 2.09. The van der Waals surface area contributed by atoms with E-state index in [2.05, 4.69) is 15.0 Å². The Morgan fingerprint density at radius 2 is 1.93 bits per heavy atom. The zero-order valence-electron chi connectivity index (χ0n) is 15.9. The fraction of sp³-hybridized carbons (Fsp3) is 0.250. The van der Waals surface area contributed by atoms with Crippen LogP contribution in [0.1, 0.15) is 40.9 Å². The Kier molecular flexibility index (Phi) is 5.58. The molecule has 0 unspecified atom stereocenters. The lowest BCUT2D eigenvalue weighted by Gasteiger charge is -2.19. The van der Waals surface area contributed by atoms with Gasteiger partial charge in [-0.2, -0.15) is 0 Å². The van der Waals surface area contributed by atoms with Gasteiger partial charge in [-0.15, -0.1) is 0 Å². The van der Waals surface area contributed by atoms with E-state index in [9.17, 15) is 22.8 Å². The molecule has 2 aromatic heterocycles. The van der Waals surface area contributed by atoms with Crippen LogP contribution in [0.3, 0.4) is 0 Å². The Labute approximate surface area is 163 Å². The number of halogens is 3. The van der Waals surface area contributed by atoms with Crippen molar-refractivity contribution in [2.75, 3.05) is 12.4 Å². The standard InChI is InChI=1S/C20H18F3N3O3/c1-10(11-5-4-6-12(16(11)21)17(22)23)25-15-7-8-24-18-13(15)9-14(20(28)29-3)19(27)26(18)2/h4-10,17H,1-3H3,(H,24,25)/t10-/m1/s1. The third-order valence-electron chi connectivity index (χ3n) is 4.65. The Hall–Kier alpha value is -3.36. The van der Waals surface area contributed by atoms with E-state index in [0.29, 0.717) is 16.7 Å². The summed E-state index contributed by atoms with van der Waals surface area (Å²) in [7, 11) is 2.62. The van der Waals surface area contributed by atoms with Crippen LogP contribution in [0.15, 0.2) is 41.3 Å². The van der Waals surface area contributed by atoms with Crippen LogP contribution in [-0.2, 0) is 11.8 Å². The van der Waals surface area contributed by atoms with Crippen molar-refractivity contribution >= 4 is 22.7 Å². The second kappa shape index (κ2) is 7.94. The molecule has 0 aliphatic heterocycles. The molecule has 0 bridgehead atoms. The number of aromatic nitrogens is 2. The van der Waals surface area contributed by atoms with E-state index in [1.165, 1.54) is 36.0 Å². The SMILES string of the molecule is COC(=O)c1cc2c(N[C@H](C)c3cccc(C(F)F)c3F)ccnc2n(C)c1=O. The molecule has 29 heavy (non-hydrogen) atoms. The van der Waals surface area contributed by atoms with E-state index in [-0.39, 0.29) is 11.1 Å². The highest BCUT2D eigenvalue weighted by molar-refractivity contribution is 5.97. The lowest BCUT2D eigenvalue weighted by atomic mass is 10.0. The summed E-state index contributed by atoms with van der Waals surface area (Å²) in [6, 6.07) is 6.06. The number of alkyl halides is 2. The highest BCUT2D eigenvalue weighted by Gasteiger charge is 2.21. The summed E-state index contributed by atoms with van der Waals surface area (Å²) in [6.45, 7) is 1.61. The molecule has 1 aromatic carbocycles. The molecule has 6 nitrogen and oxygen atoms in total. The fourth-order valence-electron chi connectivity index (χ4n) is 3.12. The normalized spacial score (nSPS) is 12.2. The zero-order valence-corrected chi connectivity index (χ0v) is 15.9. The molecular formula is C20H18F3N3O3. The molecule has 152 valence electrons. The summed E-state index contributed by atoms with van der Waals surface area (Å²) in [6.07, 6.45) is -1.48. The number of anilines is 1. The minimum atomic E-state index is -2.93.